The fraction of sp³-hybridized carbons (Fsp3) is 0.714. The summed E-state index contributed by atoms with van der Waals surface area (Å²) in [5, 5.41) is 5.29. The van der Waals surface area contributed by atoms with Crippen LogP contribution in [-0.2, 0) is 6.42 Å². The summed E-state index contributed by atoms with van der Waals surface area (Å²) in [7, 11) is 0. The molecule has 3 heteroatoms. The molecule has 1 aliphatic carbocycles. The number of hydrogen-bond acceptors (Lipinski definition) is 3. The molecule has 17 heavy (non-hydrogen) atoms. The Labute approximate surface area is 113 Å². The zero-order chi connectivity index (χ0) is 11.9. The van der Waals surface area contributed by atoms with Gasteiger partial charge in [0.05, 0.1) is 0 Å². The molecule has 96 valence electrons. The first kappa shape index (κ1) is 13.4. The second-order valence-electron chi connectivity index (χ2n) is 5.02. The van der Waals surface area contributed by atoms with Crippen molar-refractivity contribution in [3.8, 4) is 0 Å². The highest BCUT2D eigenvalue weighted by molar-refractivity contribution is 7.99. The van der Waals surface area contributed by atoms with Gasteiger partial charge in [-0.3, -0.25) is 0 Å². The molecule has 0 amide bonds. The fourth-order valence-electron chi connectivity index (χ4n) is 2.36. The maximum atomic E-state index is 6.19. The number of rotatable bonds is 6. The van der Waals surface area contributed by atoms with E-state index in [4.69, 9.17) is 5.73 Å². The number of thiophene rings is 1. The Kier molecular flexibility index (Phi) is 5.89. The molecule has 2 rings (SSSR count). The first-order chi connectivity index (χ1) is 8.34. The Morgan fingerprint density at radius 2 is 2.18 bits per heavy atom. The van der Waals surface area contributed by atoms with Gasteiger partial charge in [-0.15, -0.1) is 0 Å². The second kappa shape index (κ2) is 7.45. The molecule has 1 aromatic heterocycles. The Bertz CT molecular complexity index is 291. The summed E-state index contributed by atoms with van der Waals surface area (Å²) in [6.07, 6.45) is 9.43. The van der Waals surface area contributed by atoms with Crippen LogP contribution in [0.1, 0.15) is 44.1 Å². The topological polar surface area (TPSA) is 26.0 Å². The molecule has 0 aromatic carbocycles. The molecule has 0 aliphatic heterocycles. The van der Waals surface area contributed by atoms with Crippen molar-refractivity contribution in [3.05, 3.63) is 22.4 Å². The summed E-state index contributed by atoms with van der Waals surface area (Å²) < 4.78 is 0. The van der Waals surface area contributed by atoms with Crippen molar-refractivity contribution in [2.24, 2.45) is 5.73 Å². The van der Waals surface area contributed by atoms with Gasteiger partial charge in [-0.25, -0.2) is 0 Å². The number of hydrogen-bond donors (Lipinski definition) is 1. The zero-order valence-corrected chi connectivity index (χ0v) is 12.1. The minimum atomic E-state index is 0.377. The monoisotopic (exact) mass is 269 g/mol. The third kappa shape index (κ3) is 5.02. The van der Waals surface area contributed by atoms with Gasteiger partial charge in [0.2, 0.25) is 0 Å². The average molecular weight is 269 g/mol. The van der Waals surface area contributed by atoms with Crippen LogP contribution in [-0.4, -0.2) is 17.0 Å². The van der Waals surface area contributed by atoms with E-state index in [0.29, 0.717) is 6.04 Å². The summed E-state index contributed by atoms with van der Waals surface area (Å²) in [6.45, 7) is 0. The lowest BCUT2D eigenvalue weighted by Gasteiger charge is -2.22. The summed E-state index contributed by atoms with van der Waals surface area (Å²) >= 11 is 3.90. The van der Waals surface area contributed by atoms with Gasteiger partial charge in [-0.05, 0) is 48.1 Å². The van der Waals surface area contributed by atoms with E-state index >= 15 is 0 Å². The van der Waals surface area contributed by atoms with Gasteiger partial charge >= 0.3 is 0 Å². The SMILES string of the molecule is NC(CCc1ccsc1)CSC1CCCCC1. The molecule has 0 radical (unpaired) electrons. The summed E-state index contributed by atoms with van der Waals surface area (Å²) in [5.74, 6) is 1.15. The lowest BCUT2D eigenvalue weighted by molar-refractivity contribution is 0.515. The van der Waals surface area contributed by atoms with Crippen molar-refractivity contribution in [2.45, 2.75) is 56.2 Å². The molecule has 1 heterocycles. The normalized spacial score (nSPS) is 19.4. The van der Waals surface area contributed by atoms with Crippen LogP contribution in [0.3, 0.4) is 0 Å². The third-order valence-corrected chi connectivity index (χ3v) is 5.78. The molecule has 2 N–H and O–H groups in total. The Balaban J connectivity index is 1.58. The predicted molar refractivity (Wildman–Crippen MR) is 79.9 cm³/mol. The zero-order valence-electron chi connectivity index (χ0n) is 10.4. The summed E-state index contributed by atoms with van der Waals surface area (Å²) in [4.78, 5) is 0. The van der Waals surface area contributed by atoms with Gasteiger partial charge in [0.15, 0.2) is 0 Å². The molecule has 1 nitrogen and oxygen atoms in total. The van der Waals surface area contributed by atoms with Crippen molar-refractivity contribution >= 4 is 23.1 Å². The number of nitrogens with two attached hydrogens (primary N) is 1. The largest absolute Gasteiger partial charge is 0.327 e. The minimum absolute atomic E-state index is 0.377. The Morgan fingerprint density at radius 1 is 1.35 bits per heavy atom. The highest BCUT2D eigenvalue weighted by Crippen LogP contribution is 2.28. The van der Waals surface area contributed by atoms with Crippen molar-refractivity contribution in [3.63, 3.8) is 0 Å². The standard InChI is InChI=1S/C14H23NS2/c15-13(7-6-12-8-9-16-10-12)11-17-14-4-2-1-3-5-14/h8-10,13-14H,1-7,11,15H2. The van der Waals surface area contributed by atoms with E-state index < -0.39 is 0 Å². The molecular formula is C14H23NS2. The summed E-state index contributed by atoms with van der Waals surface area (Å²) in [5.41, 5.74) is 7.64. The summed E-state index contributed by atoms with van der Waals surface area (Å²) in [6, 6.07) is 2.59. The molecular weight excluding hydrogens is 246 g/mol. The lowest BCUT2D eigenvalue weighted by Crippen LogP contribution is -2.25. The quantitative estimate of drug-likeness (QED) is 0.842. The van der Waals surface area contributed by atoms with E-state index in [2.05, 4.69) is 28.6 Å². The molecule has 1 atom stereocenters. The van der Waals surface area contributed by atoms with Gasteiger partial charge in [-0.1, -0.05) is 19.3 Å². The molecule has 1 fully saturated rings. The highest BCUT2D eigenvalue weighted by atomic mass is 32.2. The van der Waals surface area contributed by atoms with Crippen LogP contribution >= 0.6 is 23.1 Å². The van der Waals surface area contributed by atoms with Crippen LogP contribution in [0, 0.1) is 0 Å². The number of thioether (sulfide) groups is 1. The lowest BCUT2D eigenvalue weighted by atomic mass is 10.0. The molecule has 1 aliphatic rings. The van der Waals surface area contributed by atoms with Gasteiger partial charge in [0, 0.05) is 17.0 Å². The smallest absolute Gasteiger partial charge is 0.0133 e. The van der Waals surface area contributed by atoms with Gasteiger partial charge in [0.1, 0.15) is 0 Å². The maximum Gasteiger partial charge on any atom is 0.0133 e. The average Bonchev–Trinajstić information content (AvgIpc) is 2.88. The van der Waals surface area contributed by atoms with E-state index in [-0.39, 0.29) is 0 Å². The first-order valence-electron chi connectivity index (χ1n) is 6.73. The number of aryl methyl sites for hydroxylation is 1. The van der Waals surface area contributed by atoms with Crippen LogP contribution in [0.15, 0.2) is 16.8 Å². The molecule has 1 unspecified atom stereocenters. The third-order valence-electron chi connectivity index (χ3n) is 3.48. The molecule has 0 spiro atoms. The van der Waals surface area contributed by atoms with Crippen LogP contribution in [0.25, 0.3) is 0 Å². The van der Waals surface area contributed by atoms with E-state index in [1.54, 1.807) is 11.3 Å². The van der Waals surface area contributed by atoms with Crippen molar-refractivity contribution in [1.82, 2.24) is 0 Å². The van der Waals surface area contributed by atoms with Gasteiger partial charge < -0.3 is 5.73 Å². The molecule has 0 bridgehead atoms. The van der Waals surface area contributed by atoms with Gasteiger partial charge in [0.25, 0.3) is 0 Å². The van der Waals surface area contributed by atoms with Crippen LogP contribution in [0.5, 0.6) is 0 Å². The fourth-order valence-corrected chi connectivity index (χ4v) is 4.42. The van der Waals surface area contributed by atoms with Crippen molar-refractivity contribution in [2.75, 3.05) is 5.75 Å². The Hall–Kier alpha value is 0.01000. The van der Waals surface area contributed by atoms with Crippen LogP contribution < -0.4 is 5.73 Å². The molecule has 1 aromatic rings. The maximum absolute atomic E-state index is 6.19. The van der Waals surface area contributed by atoms with Crippen LogP contribution in [0.2, 0.25) is 0 Å². The van der Waals surface area contributed by atoms with E-state index in [1.807, 2.05) is 0 Å². The first-order valence-corrected chi connectivity index (χ1v) is 8.72. The van der Waals surface area contributed by atoms with Crippen molar-refractivity contribution in [1.29, 1.82) is 0 Å². The van der Waals surface area contributed by atoms with E-state index in [0.717, 1.165) is 23.8 Å². The minimum Gasteiger partial charge on any atom is -0.327 e. The van der Waals surface area contributed by atoms with Gasteiger partial charge in [-0.2, -0.15) is 23.1 Å². The highest BCUT2D eigenvalue weighted by Gasteiger charge is 2.15. The van der Waals surface area contributed by atoms with E-state index in [1.165, 1.54) is 37.7 Å². The predicted octanol–water partition coefficient (Wildman–Crippen LogP) is 4.07. The van der Waals surface area contributed by atoms with E-state index in [9.17, 15) is 0 Å². The molecule has 1 saturated carbocycles. The Morgan fingerprint density at radius 3 is 2.88 bits per heavy atom. The second-order valence-corrected chi connectivity index (χ2v) is 7.14. The molecule has 0 saturated heterocycles. The van der Waals surface area contributed by atoms with Crippen molar-refractivity contribution < 1.29 is 0 Å². The van der Waals surface area contributed by atoms with Crippen LogP contribution in [0.4, 0.5) is 0 Å².